The molecule has 0 amide bonds. The Balaban J connectivity index is 0.000000149. The largest absolute Gasteiger partial charge is 0.213 e. The Morgan fingerprint density at radius 1 is 0.412 bits per heavy atom. The summed E-state index contributed by atoms with van der Waals surface area (Å²) in [6.45, 7) is 13.8. The number of rotatable bonds is 4. The summed E-state index contributed by atoms with van der Waals surface area (Å²) in [5.74, 6) is 1.48. The predicted octanol–water partition coefficient (Wildman–Crippen LogP) is 16.6. The number of pyridine rings is 2. The molecule has 2 spiro atoms. The average Bonchev–Trinajstić information content (AvgIpc) is 3.91. The van der Waals surface area contributed by atoms with Gasteiger partial charge in [0.2, 0.25) is 11.4 Å². The third-order valence-electron chi connectivity index (χ3n) is 19.3. The van der Waals surface area contributed by atoms with Gasteiger partial charge < -0.3 is 0 Å². The van der Waals surface area contributed by atoms with Crippen molar-refractivity contribution in [3.8, 4) is 44.8 Å². The van der Waals surface area contributed by atoms with Gasteiger partial charge in [0.25, 0.3) is 0 Å². The van der Waals surface area contributed by atoms with Crippen LogP contribution in [0.3, 0.4) is 0 Å². The maximum absolute atomic E-state index is 2.50. The molecule has 4 aromatic carbocycles. The number of hydrogen-bond acceptors (Lipinski definition) is 0. The molecule has 0 bridgehead atoms. The van der Waals surface area contributed by atoms with Crippen LogP contribution in [0.15, 0.2) is 85.2 Å². The molecule has 0 saturated heterocycles. The minimum absolute atomic E-state index is 0.694. The van der Waals surface area contributed by atoms with Crippen LogP contribution in [-0.4, -0.2) is 0 Å². The molecule has 68 heavy (non-hydrogen) atoms. The average molecular weight is 901 g/mol. The van der Waals surface area contributed by atoms with Gasteiger partial charge in [-0.2, -0.15) is 0 Å². The van der Waals surface area contributed by atoms with Gasteiger partial charge in [0.15, 0.2) is 12.4 Å². The highest BCUT2D eigenvalue weighted by molar-refractivity contribution is 5.87. The first-order valence-corrected chi connectivity index (χ1v) is 27.3. The Morgan fingerprint density at radius 3 is 1.41 bits per heavy atom. The molecular weight excluding hydrogens is 821 g/mol. The number of hydrogen-bond donors (Lipinski definition) is 0. The van der Waals surface area contributed by atoms with Crippen molar-refractivity contribution in [2.45, 2.75) is 182 Å². The Bertz CT molecular complexity index is 2890. The van der Waals surface area contributed by atoms with Crippen LogP contribution in [0.2, 0.25) is 0 Å². The number of nitrogens with zero attached hydrogens (tertiary/aromatic N) is 2. The lowest BCUT2D eigenvalue weighted by molar-refractivity contribution is -0.661. The Kier molecular flexibility index (Phi) is 12.2. The molecule has 2 nitrogen and oxygen atoms in total. The quantitative estimate of drug-likeness (QED) is 0.156. The topological polar surface area (TPSA) is 7.76 Å². The lowest BCUT2D eigenvalue weighted by Gasteiger charge is -2.43. The molecule has 0 aliphatic heterocycles. The molecular formula is C66H80N2+2. The highest BCUT2D eigenvalue weighted by atomic mass is 14.9. The van der Waals surface area contributed by atoms with Gasteiger partial charge in [0.1, 0.15) is 14.1 Å². The van der Waals surface area contributed by atoms with E-state index < -0.39 is 0 Å². The molecule has 4 fully saturated rings. The molecule has 6 aliphatic rings. The van der Waals surface area contributed by atoms with Crippen LogP contribution in [-0.2, 0) is 26.9 Å². The van der Waals surface area contributed by atoms with E-state index >= 15 is 0 Å². The maximum atomic E-state index is 2.50. The van der Waals surface area contributed by atoms with Crippen LogP contribution < -0.4 is 9.13 Å². The van der Waals surface area contributed by atoms with E-state index in [1.807, 2.05) is 0 Å². The standard InChI is InChI=1S/2C33H40N/c1-22-8-10-26-20-29-27(28(26)18-22)11-9-23(2)32(29)31-19-24(3)30(21-34(31)4)25-12-16-33(17-13-25)14-6-5-7-15-33;1-22-9-8-10-26-20-28-27(31(22)26)12-11-23(2)32(28)30-19-24(3)29(21-34(30)4)25-13-17-33(18-14-25)15-6-5-7-16-33/h8-11,18-19,21,25H,5-7,12-17,20H2,1-4H3;8-12,19,21,25H,5-7,13-18,20H2,1-4H3/q2*+1. The Morgan fingerprint density at radius 2 is 0.882 bits per heavy atom. The van der Waals surface area contributed by atoms with Crippen LogP contribution >= 0.6 is 0 Å². The van der Waals surface area contributed by atoms with E-state index in [0.29, 0.717) is 10.8 Å². The van der Waals surface area contributed by atoms with Crippen molar-refractivity contribution in [3.05, 3.63) is 152 Å². The normalized spacial score (nSPS) is 20.1. The van der Waals surface area contributed by atoms with Gasteiger partial charge in [-0.3, -0.25) is 0 Å². The monoisotopic (exact) mass is 901 g/mol. The zero-order valence-electron chi connectivity index (χ0n) is 43.3. The fraction of sp³-hybridized carbons (Fsp3) is 0.485. The molecule has 2 aromatic heterocycles. The summed E-state index contributed by atoms with van der Waals surface area (Å²) in [4.78, 5) is 0. The number of aryl methyl sites for hydroxylation is 8. The van der Waals surface area contributed by atoms with E-state index in [-0.39, 0.29) is 0 Å². The summed E-state index contributed by atoms with van der Waals surface area (Å²) in [6.07, 6.45) is 33.2. The second-order valence-electron chi connectivity index (χ2n) is 23.7. The van der Waals surface area contributed by atoms with Crippen molar-refractivity contribution < 1.29 is 9.13 Å². The van der Waals surface area contributed by atoms with Gasteiger partial charge in [-0.05, 0) is 226 Å². The first-order valence-electron chi connectivity index (χ1n) is 27.3. The second-order valence-corrected chi connectivity index (χ2v) is 23.7. The van der Waals surface area contributed by atoms with E-state index in [1.165, 1.54) is 216 Å². The number of fused-ring (bicyclic) bond motifs is 6. The number of benzene rings is 4. The van der Waals surface area contributed by atoms with E-state index in [2.05, 4.69) is 150 Å². The van der Waals surface area contributed by atoms with Crippen molar-refractivity contribution in [2.24, 2.45) is 24.9 Å². The summed E-state index contributed by atoms with van der Waals surface area (Å²) < 4.78 is 4.87. The van der Waals surface area contributed by atoms with Crippen LogP contribution in [0, 0.1) is 52.4 Å². The molecule has 0 N–H and O–H groups in total. The SMILES string of the molecule is Cc1cc(-c2c(C)ccc3c2Cc2cccc(C)c2-3)[n+](C)cc1C1CCC2(CCCCC2)CC1.Cc1ccc2c(c1)-c1ccc(C)c(-c3cc(C)c(C4CCC5(CCCCC5)CC4)c[n+]3C)c1C2. The van der Waals surface area contributed by atoms with Gasteiger partial charge >= 0.3 is 0 Å². The van der Waals surface area contributed by atoms with Crippen molar-refractivity contribution >= 4 is 0 Å². The van der Waals surface area contributed by atoms with Crippen molar-refractivity contribution in [1.82, 2.24) is 0 Å². The zero-order valence-corrected chi connectivity index (χ0v) is 43.3. The Labute approximate surface area is 410 Å². The van der Waals surface area contributed by atoms with Gasteiger partial charge in [0, 0.05) is 23.3 Å². The summed E-state index contributed by atoms with van der Waals surface area (Å²) in [6, 6.07) is 28.1. The summed E-state index contributed by atoms with van der Waals surface area (Å²) in [5, 5.41) is 0. The van der Waals surface area contributed by atoms with Gasteiger partial charge in [-0.1, -0.05) is 105 Å². The number of aromatic nitrogens is 2. The van der Waals surface area contributed by atoms with Crippen molar-refractivity contribution in [3.63, 3.8) is 0 Å². The summed E-state index contributed by atoms with van der Waals surface area (Å²) in [5.41, 5.74) is 30.5. The van der Waals surface area contributed by atoms with Gasteiger partial charge in [-0.25, -0.2) is 9.13 Å². The molecule has 0 unspecified atom stereocenters. The third kappa shape index (κ3) is 8.22. The van der Waals surface area contributed by atoms with E-state index in [0.717, 1.165) is 24.7 Å². The lowest BCUT2D eigenvalue weighted by atomic mass is 9.62. The molecule has 6 aromatic rings. The summed E-state index contributed by atoms with van der Waals surface area (Å²) in [7, 11) is 4.55. The highest BCUT2D eigenvalue weighted by Crippen LogP contribution is 2.53. The minimum Gasteiger partial charge on any atom is -0.201 e. The molecule has 2 heterocycles. The first kappa shape index (κ1) is 45.6. The fourth-order valence-electron chi connectivity index (χ4n) is 15.4. The highest BCUT2D eigenvalue weighted by Gasteiger charge is 2.39. The van der Waals surface area contributed by atoms with Crippen LogP contribution in [0.4, 0.5) is 0 Å². The summed E-state index contributed by atoms with van der Waals surface area (Å²) >= 11 is 0. The predicted molar refractivity (Wildman–Crippen MR) is 284 cm³/mol. The molecule has 2 heteroatoms. The van der Waals surface area contributed by atoms with Gasteiger partial charge in [0.05, 0.1) is 11.1 Å². The van der Waals surface area contributed by atoms with E-state index in [9.17, 15) is 0 Å². The van der Waals surface area contributed by atoms with Crippen LogP contribution in [0.1, 0.15) is 194 Å². The van der Waals surface area contributed by atoms with Gasteiger partial charge in [-0.15, -0.1) is 0 Å². The molecule has 0 radical (unpaired) electrons. The zero-order chi connectivity index (χ0) is 46.9. The molecule has 4 saturated carbocycles. The Hall–Kier alpha value is -4.82. The first-order chi connectivity index (χ1) is 32.9. The maximum Gasteiger partial charge on any atom is 0.213 e. The van der Waals surface area contributed by atoms with Crippen LogP contribution in [0.25, 0.3) is 44.8 Å². The molecule has 6 aliphatic carbocycles. The van der Waals surface area contributed by atoms with E-state index in [4.69, 9.17) is 0 Å². The van der Waals surface area contributed by atoms with Crippen molar-refractivity contribution in [1.29, 1.82) is 0 Å². The fourth-order valence-corrected chi connectivity index (χ4v) is 15.4. The second kappa shape index (κ2) is 18.2. The van der Waals surface area contributed by atoms with E-state index in [1.54, 1.807) is 11.1 Å². The van der Waals surface area contributed by atoms with Crippen LogP contribution in [0.5, 0.6) is 0 Å². The van der Waals surface area contributed by atoms with Crippen molar-refractivity contribution in [2.75, 3.05) is 0 Å². The minimum atomic E-state index is 0.694. The third-order valence-corrected chi connectivity index (χ3v) is 19.3. The lowest BCUT2D eigenvalue weighted by Crippen LogP contribution is -2.34. The molecule has 352 valence electrons. The smallest absolute Gasteiger partial charge is 0.201 e. The molecule has 12 rings (SSSR count). The molecule has 0 atom stereocenters.